The molecule has 0 atom stereocenters. The van der Waals surface area contributed by atoms with Crippen molar-refractivity contribution < 1.29 is 8.78 Å². The third-order valence-corrected chi connectivity index (χ3v) is 2.61. The molecular formula is C12H19ClF2N6. The summed E-state index contributed by atoms with van der Waals surface area (Å²) in [7, 11) is 0. The summed E-state index contributed by atoms with van der Waals surface area (Å²) in [5.41, 5.74) is 10.9. The van der Waals surface area contributed by atoms with E-state index < -0.39 is 11.9 Å². The van der Waals surface area contributed by atoms with Gasteiger partial charge < -0.3 is 16.8 Å². The maximum Gasteiger partial charge on any atom is 0.341 e. The monoisotopic (exact) mass is 320 g/mol. The van der Waals surface area contributed by atoms with E-state index in [1.165, 1.54) is 0 Å². The summed E-state index contributed by atoms with van der Waals surface area (Å²) < 4.78 is 24.9. The van der Waals surface area contributed by atoms with Crippen LogP contribution < -0.4 is 16.8 Å². The van der Waals surface area contributed by atoms with Crippen molar-refractivity contribution in [3.8, 4) is 0 Å². The standard InChI is InChI=1S/C12H19ClF2N6/c13-12(14,15)8-19-11(17)21-10-5-7-18-9(20-10)4-2-1-3-6-16/h5,7H,1-4,6,8,16H2,(H3,17,18,19,20,21). The van der Waals surface area contributed by atoms with Gasteiger partial charge in [0.2, 0.25) is 0 Å². The Hall–Kier alpha value is -1.54. The molecule has 9 heteroatoms. The Labute approximate surface area is 127 Å². The molecule has 1 heterocycles. The number of anilines is 1. The molecule has 0 radical (unpaired) electrons. The molecule has 0 aromatic carbocycles. The second kappa shape index (κ2) is 8.68. The Morgan fingerprint density at radius 2 is 2.14 bits per heavy atom. The summed E-state index contributed by atoms with van der Waals surface area (Å²) >= 11 is 4.73. The summed E-state index contributed by atoms with van der Waals surface area (Å²) in [6, 6.07) is 1.57. The highest BCUT2D eigenvalue weighted by Gasteiger charge is 2.23. The first-order chi connectivity index (χ1) is 9.90. The molecule has 0 bridgehead atoms. The highest BCUT2D eigenvalue weighted by Crippen LogP contribution is 2.18. The molecule has 0 spiro atoms. The Balaban J connectivity index is 2.52. The number of nitrogens with one attached hydrogen (secondary N) is 1. The van der Waals surface area contributed by atoms with Gasteiger partial charge in [-0.2, -0.15) is 8.78 Å². The van der Waals surface area contributed by atoms with Crippen LogP contribution in [-0.4, -0.2) is 34.4 Å². The number of alkyl halides is 3. The molecule has 0 saturated heterocycles. The summed E-state index contributed by atoms with van der Waals surface area (Å²) in [6.07, 6.45) is 5.18. The number of rotatable bonds is 8. The maximum absolute atomic E-state index is 12.4. The summed E-state index contributed by atoms with van der Waals surface area (Å²) in [6.45, 7) is -0.231. The molecule has 0 unspecified atom stereocenters. The van der Waals surface area contributed by atoms with Gasteiger partial charge in [0.1, 0.15) is 18.2 Å². The van der Waals surface area contributed by atoms with Gasteiger partial charge in [-0.3, -0.25) is 0 Å². The molecule has 5 N–H and O–H groups in total. The molecule has 6 nitrogen and oxygen atoms in total. The van der Waals surface area contributed by atoms with Crippen molar-refractivity contribution in [2.45, 2.75) is 31.1 Å². The first-order valence-corrected chi connectivity index (χ1v) is 6.94. The van der Waals surface area contributed by atoms with Gasteiger partial charge in [0.15, 0.2) is 5.96 Å². The van der Waals surface area contributed by atoms with E-state index in [0.29, 0.717) is 24.6 Å². The topological polar surface area (TPSA) is 102 Å². The lowest BCUT2D eigenvalue weighted by atomic mass is 10.2. The van der Waals surface area contributed by atoms with E-state index in [9.17, 15) is 8.78 Å². The zero-order chi connectivity index (χ0) is 15.7. The van der Waals surface area contributed by atoms with Crippen LogP contribution in [0.15, 0.2) is 17.3 Å². The molecular weight excluding hydrogens is 302 g/mol. The molecule has 0 aliphatic heterocycles. The van der Waals surface area contributed by atoms with Crippen LogP contribution >= 0.6 is 11.6 Å². The summed E-state index contributed by atoms with van der Waals surface area (Å²) in [5.74, 6) is 0.869. The third kappa shape index (κ3) is 8.36. The zero-order valence-electron chi connectivity index (χ0n) is 11.5. The average molecular weight is 321 g/mol. The molecule has 0 fully saturated rings. The minimum Gasteiger partial charge on any atom is -0.370 e. The zero-order valence-corrected chi connectivity index (χ0v) is 12.3. The molecule has 0 aliphatic rings. The molecule has 1 rings (SSSR count). The second-order valence-electron chi connectivity index (χ2n) is 4.40. The predicted molar refractivity (Wildman–Crippen MR) is 79.6 cm³/mol. The molecule has 0 saturated carbocycles. The first-order valence-electron chi connectivity index (χ1n) is 6.56. The number of unbranched alkanes of at least 4 members (excludes halogenated alkanes) is 2. The third-order valence-electron chi connectivity index (χ3n) is 2.49. The number of aliphatic imine (C=N–C) groups is 1. The second-order valence-corrected chi connectivity index (χ2v) is 4.95. The van der Waals surface area contributed by atoms with Crippen LogP contribution in [0.1, 0.15) is 25.1 Å². The van der Waals surface area contributed by atoms with Gasteiger partial charge in [-0.1, -0.05) is 6.42 Å². The fraction of sp³-hybridized carbons (Fsp3) is 0.583. The largest absolute Gasteiger partial charge is 0.370 e. The Kier molecular flexibility index (Phi) is 7.24. The van der Waals surface area contributed by atoms with E-state index in [-0.39, 0.29) is 5.96 Å². The van der Waals surface area contributed by atoms with E-state index >= 15 is 0 Å². The van der Waals surface area contributed by atoms with Gasteiger partial charge in [-0.05, 0) is 37.1 Å². The normalized spacial score (nSPS) is 12.5. The molecule has 0 amide bonds. The van der Waals surface area contributed by atoms with Gasteiger partial charge in [-0.25, -0.2) is 15.0 Å². The predicted octanol–water partition coefficient (Wildman–Crippen LogP) is 1.71. The van der Waals surface area contributed by atoms with Gasteiger partial charge >= 0.3 is 5.38 Å². The van der Waals surface area contributed by atoms with Crippen LogP contribution in [0.5, 0.6) is 0 Å². The molecule has 1 aromatic rings. The lowest BCUT2D eigenvalue weighted by Crippen LogP contribution is -2.25. The van der Waals surface area contributed by atoms with Crippen molar-refractivity contribution in [2.24, 2.45) is 16.5 Å². The molecule has 0 aliphatic carbocycles. The number of halogens is 3. The van der Waals surface area contributed by atoms with Crippen molar-refractivity contribution in [2.75, 3.05) is 18.4 Å². The van der Waals surface area contributed by atoms with Crippen molar-refractivity contribution in [3.05, 3.63) is 18.1 Å². The number of nitrogens with zero attached hydrogens (tertiary/aromatic N) is 3. The lowest BCUT2D eigenvalue weighted by Gasteiger charge is -2.08. The number of guanidine groups is 1. The molecule has 1 aromatic heterocycles. The fourth-order valence-electron chi connectivity index (χ4n) is 1.54. The number of nitrogens with two attached hydrogens (primary N) is 2. The number of hydrogen-bond acceptors (Lipinski definition) is 4. The van der Waals surface area contributed by atoms with Crippen LogP contribution in [0.2, 0.25) is 0 Å². The van der Waals surface area contributed by atoms with Crippen LogP contribution in [-0.2, 0) is 6.42 Å². The van der Waals surface area contributed by atoms with Crippen molar-refractivity contribution in [3.63, 3.8) is 0 Å². The smallest absolute Gasteiger partial charge is 0.341 e. The highest BCUT2D eigenvalue weighted by molar-refractivity contribution is 6.21. The van der Waals surface area contributed by atoms with Gasteiger partial charge in [0.05, 0.1) is 0 Å². The lowest BCUT2D eigenvalue weighted by molar-refractivity contribution is 0.107. The fourth-order valence-corrected chi connectivity index (χ4v) is 1.60. The first kappa shape index (κ1) is 17.5. The summed E-state index contributed by atoms with van der Waals surface area (Å²) in [5, 5.41) is -0.789. The maximum atomic E-state index is 12.4. The molecule has 118 valence electrons. The van der Waals surface area contributed by atoms with Gasteiger partial charge in [-0.15, -0.1) is 0 Å². The van der Waals surface area contributed by atoms with E-state index in [1.54, 1.807) is 12.3 Å². The summed E-state index contributed by atoms with van der Waals surface area (Å²) in [4.78, 5) is 11.8. The van der Waals surface area contributed by atoms with Crippen molar-refractivity contribution in [1.29, 1.82) is 0 Å². The SMILES string of the molecule is NCCCCCc1nccc(N/C(N)=N\CC(F)(F)Cl)n1. The van der Waals surface area contributed by atoms with Crippen LogP contribution in [0.4, 0.5) is 14.6 Å². The van der Waals surface area contributed by atoms with Crippen LogP contribution in [0, 0.1) is 0 Å². The van der Waals surface area contributed by atoms with E-state index in [0.717, 1.165) is 19.3 Å². The highest BCUT2D eigenvalue weighted by atomic mass is 35.5. The number of hydrogen-bond donors (Lipinski definition) is 3. The van der Waals surface area contributed by atoms with Crippen molar-refractivity contribution in [1.82, 2.24) is 9.97 Å². The Morgan fingerprint density at radius 1 is 1.38 bits per heavy atom. The number of aromatic nitrogens is 2. The van der Waals surface area contributed by atoms with Crippen LogP contribution in [0.25, 0.3) is 0 Å². The van der Waals surface area contributed by atoms with Gasteiger partial charge in [0.25, 0.3) is 0 Å². The van der Waals surface area contributed by atoms with Gasteiger partial charge in [0, 0.05) is 12.6 Å². The van der Waals surface area contributed by atoms with E-state index in [1.807, 2.05) is 0 Å². The Bertz CT molecular complexity index is 463. The van der Waals surface area contributed by atoms with E-state index in [2.05, 4.69) is 20.3 Å². The number of aryl methyl sites for hydroxylation is 1. The van der Waals surface area contributed by atoms with E-state index in [4.69, 9.17) is 23.1 Å². The van der Waals surface area contributed by atoms with Crippen LogP contribution in [0.3, 0.4) is 0 Å². The average Bonchev–Trinajstić information content (AvgIpc) is 2.41. The Morgan fingerprint density at radius 3 is 2.81 bits per heavy atom. The quantitative estimate of drug-likeness (QED) is 0.293. The molecule has 21 heavy (non-hydrogen) atoms. The van der Waals surface area contributed by atoms with Crippen molar-refractivity contribution >= 4 is 23.4 Å². The minimum absolute atomic E-state index is 0.178. The minimum atomic E-state index is -3.41.